The van der Waals surface area contributed by atoms with Crippen molar-refractivity contribution in [3.8, 4) is 0 Å². The first-order chi connectivity index (χ1) is 10.4. The summed E-state index contributed by atoms with van der Waals surface area (Å²) in [4.78, 5) is 23.8. The lowest BCUT2D eigenvalue weighted by Gasteiger charge is -2.10. The maximum absolute atomic E-state index is 11.9. The Kier molecular flexibility index (Phi) is 4.90. The van der Waals surface area contributed by atoms with Gasteiger partial charge < -0.3 is 16.4 Å². The number of anilines is 3. The number of aryl methyl sites for hydroxylation is 1. The predicted octanol–water partition coefficient (Wildman–Crippen LogP) is 3.46. The van der Waals surface area contributed by atoms with Gasteiger partial charge in [-0.2, -0.15) is 0 Å². The third-order valence-electron chi connectivity index (χ3n) is 2.88. The molecule has 0 saturated carbocycles. The fourth-order valence-electron chi connectivity index (χ4n) is 1.76. The van der Waals surface area contributed by atoms with E-state index in [1.807, 2.05) is 0 Å². The summed E-state index contributed by atoms with van der Waals surface area (Å²) < 4.78 is 0. The van der Waals surface area contributed by atoms with Crippen LogP contribution in [0.1, 0.15) is 5.56 Å². The van der Waals surface area contributed by atoms with Crippen LogP contribution in [0.25, 0.3) is 0 Å². The smallest absolute Gasteiger partial charge is 0.314 e. The lowest BCUT2D eigenvalue weighted by atomic mass is 10.2. The van der Waals surface area contributed by atoms with Crippen LogP contribution in [0.5, 0.6) is 0 Å². The van der Waals surface area contributed by atoms with Gasteiger partial charge in [-0.25, -0.2) is 0 Å². The zero-order valence-corrected chi connectivity index (χ0v) is 13.1. The fourth-order valence-corrected chi connectivity index (χ4v) is 2.22. The monoisotopic (exact) mass is 337 g/mol. The lowest BCUT2D eigenvalue weighted by molar-refractivity contribution is -0.133. The molecule has 0 aromatic heterocycles. The highest BCUT2D eigenvalue weighted by Gasteiger charge is 2.16. The summed E-state index contributed by atoms with van der Waals surface area (Å²) >= 11 is 11.8. The maximum atomic E-state index is 11.9. The van der Waals surface area contributed by atoms with Crippen molar-refractivity contribution in [2.75, 3.05) is 16.4 Å². The highest BCUT2D eigenvalue weighted by atomic mass is 35.5. The van der Waals surface area contributed by atoms with E-state index in [0.717, 1.165) is 5.56 Å². The van der Waals surface area contributed by atoms with Crippen molar-refractivity contribution >= 4 is 52.1 Å². The number of rotatable bonds is 2. The maximum Gasteiger partial charge on any atom is 0.314 e. The summed E-state index contributed by atoms with van der Waals surface area (Å²) in [6, 6.07) is 9.52. The topological polar surface area (TPSA) is 84.2 Å². The molecular formula is C15H13Cl2N3O2. The molecule has 0 unspecified atom stereocenters. The van der Waals surface area contributed by atoms with Crippen molar-refractivity contribution in [2.24, 2.45) is 0 Å². The van der Waals surface area contributed by atoms with E-state index in [1.54, 1.807) is 31.2 Å². The Bertz CT molecular complexity index is 684. The number of carbonyl (C=O) groups excluding carboxylic acids is 2. The molecule has 2 aromatic carbocycles. The number of benzene rings is 2. The zero-order valence-electron chi connectivity index (χ0n) is 11.6. The number of hydrogen-bond acceptors (Lipinski definition) is 3. The second kappa shape index (κ2) is 6.68. The fraction of sp³-hybridized carbons (Fsp3) is 0.0667. The molecule has 2 aromatic rings. The van der Waals surface area contributed by atoms with E-state index in [9.17, 15) is 9.59 Å². The van der Waals surface area contributed by atoms with Crippen LogP contribution in [0, 0.1) is 6.92 Å². The molecule has 0 aliphatic rings. The molecule has 0 aliphatic carbocycles. The minimum atomic E-state index is -0.832. The minimum Gasteiger partial charge on any atom is -0.399 e. The van der Waals surface area contributed by atoms with Crippen molar-refractivity contribution in [2.45, 2.75) is 6.92 Å². The van der Waals surface area contributed by atoms with E-state index in [4.69, 9.17) is 28.9 Å². The summed E-state index contributed by atoms with van der Waals surface area (Å²) in [6.07, 6.45) is 0. The molecule has 0 radical (unpaired) electrons. The van der Waals surface area contributed by atoms with Crippen LogP contribution >= 0.6 is 23.2 Å². The Balaban J connectivity index is 2.07. The van der Waals surface area contributed by atoms with Crippen molar-refractivity contribution < 1.29 is 9.59 Å². The number of nitrogens with one attached hydrogen (secondary N) is 2. The molecule has 0 aliphatic heterocycles. The first-order valence-electron chi connectivity index (χ1n) is 6.30. The molecule has 2 rings (SSSR count). The molecular weight excluding hydrogens is 325 g/mol. The predicted molar refractivity (Wildman–Crippen MR) is 89.3 cm³/mol. The third kappa shape index (κ3) is 3.90. The molecule has 4 N–H and O–H groups in total. The Labute approximate surface area is 137 Å². The van der Waals surface area contributed by atoms with Gasteiger partial charge in [-0.05, 0) is 48.9 Å². The quantitative estimate of drug-likeness (QED) is 0.579. The largest absolute Gasteiger partial charge is 0.399 e. The number of hydrogen-bond donors (Lipinski definition) is 3. The van der Waals surface area contributed by atoms with Crippen LogP contribution in [-0.2, 0) is 9.59 Å². The van der Waals surface area contributed by atoms with Crippen molar-refractivity contribution in [3.63, 3.8) is 0 Å². The molecule has 22 heavy (non-hydrogen) atoms. The van der Waals surface area contributed by atoms with Gasteiger partial charge in [0.05, 0.1) is 10.7 Å². The first-order valence-corrected chi connectivity index (χ1v) is 7.06. The number of nitrogen functional groups attached to an aromatic ring is 1. The molecule has 0 heterocycles. The summed E-state index contributed by atoms with van der Waals surface area (Å²) in [5.74, 6) is -1.64. The molecule has 0 saturated heterocycles. The van der Waals surface area contributed by atoms with Crippen molar-refractivity contribution in [1.29, 1.82) is 0 Å². The van der Waals surface area contributed by atoms with E-state index >= 15 is 0 Å². The van der Waals surface area contributed by atoms with E-state index in [2.05, 4.69) is 10.6 Å². The van der Waals surface area contributed by atoms with Crippen LogP contribution < -0.4 is 16.4 Å². The van der Waals surface area contributed by atoms with Gasteiger partial charge in [0.2, 0.25) is 0 Å². The highest BCUT2D eigenvalue weighted by molar-refractivity contribution is 6.45. The number of amides is 2. The van der Waals surface area contributed by atoms with Gasteiger partial charge in [-0.3, -0.25) is 9.59 Å². The Morgan fingerprint density at radius 2 is 1.55 bits per heavy atom. The average Bonchev–Trinajstić information content (AvgIpc) is 2.44. The van der Waals surface area contributed by atoms with Gasteiger partial charge in [0.1, 0.15) is 0 Å². The van der Waals surface area contributed by atoms with Crippen LogP contribution in [-0.4, -0.2) is 11.8 Å². The molecule has 0 bridgehead atoms. The van der Waals surface area contributed by atoms with E-state index in [0.29, 0.717) is 22.1 Å². The van der Waals surface area contributed by atoms with Crippen LogP contribution in [0.15, 0.2) is 36.4 Å². The summed E-state index contributed by atoms with van der Waals surface area (Å²) in [6.45, 7) is 1.77. The normalized spacial score (nSPS) is 10.1. The minimum absolute atomic E-state index is 0.254. The molecule has 0 atom stereocenters. The molecule has 0 spiro atoms. The van der Waals surface area contributed by atoms with Gasteiger partial charge in [0, 0.05) is 16.4 Å². The van der Waals surface area contributed by atoms with Crippen molar-refractivity contribution in [3.05, 3.63) is 52.0 Å². The van der Waals surface area contributed by atoms with Gasteiger partial charge in [0.15, 0.2) is 0 Å². The molecule has 2 amide bonds. The standard InChI is InChI=1S/C15H13Cl2N3O2/c1-8-6-9(16)2-4-12(8)19-14(21)15(22)20-13-5-3-10(18)7-11(13)17/h2-7H,18H2,1H3,(H,19,21)(H,20,22). The summed E-state index contributed by atoms with van der Waals surface area (Å²) in [7, 11) is 0. The third-order valence-corrected chi connectivity index (χ3v) is 3.43. The van der Waals surface area contributed by atoms with Gasteiger partial charge >= 0.3 is 11.8 Å². The first kappa shape index (κ1) is 16.1. The summed E-state index contributed by atoms with van der Waals surface area (Å²) in [5.41, 5.74) is 7.59. The highest BCUT2D eigenvalue weighted by Crippen LogP contribution is 2.24. The number of halogens is 2. The number of carbonyl (C=O) groups is 2. The van der Waals surface area contributed by atoms with Crippen molar-refractivity contribution in [1.82, 2.24) is 0 Å². The van der Waals surface area contributed by atoms with Gasteiger partial charge in [-0.1, -0.05) is 23.2 Å². The Morgan fingerprint density at radius 3 is 2.14 bits per heavy atom. The van der Waals surface area contributed by atoms with Crippen LogP contribution in [0.4, 0.5) is 17.1 Å². The lowest BCUT2D eigenvalue weighted by Crippen LogP contribution is -2.29. The second-order valence-electron chi connectivity index (χ2n) is 4.61. The molecule has 114 valence electrons. The van der Waals surface area contributed by atoms with Crippen LogP contribution in [0.3, 0.4) is 0 Å². The second-order valence-corrected chi connectivity index (χ2v) is 5.45. The van der Waals surface area contributed by atoms with E-state index < -0.39 is 11.8 Å². The van der Waals surface area contributed by atoms with Gasteiger partial charge in [-0.15, -0.1) is 0 Å². The molecule has 5 nitrogen and oxygen atoms in total. The number of nitrogens with two attached hydrogens (primary N) is 1. The van der Waals surface area contributed by atoms with E-state index in [-0.39, 0.29) is 5.02 Å². The zero-order chi connectivity index (χ0) is 16.3. The summed E-state index contributed by atoms with van der Waals surface area (Å²) in [5, 5.41) is 5.74. The SMILES string of the molecule is Cc1cc(Cl)ccc1NC(=O)C(=O)Nc1ccc(N)cc1Cl. The Morgan fingerprint density at radius 1 is 0.955 bits per heavy atom. The molecule has 0 fully saturated rings. The van der Waals surface area contributed by atoms with Crippen LogP contribution in [0.2, 0.25) is 10.0 Å². The van der Waals surface area contributed by atoms with E-state index in [1.165, 1.54) is 12.1 Å². The van der Waals surface area contributed by atoms with Gasteiger partial charge in [0.25, 0.3) is 0 Å². The molecule has 7 heteroatoms. The average molecular weight is 338 g/mol. The Hall–Kier alpha value is -2.24.